The fraction of sp³-hybridized carbons (Fsp3) is 0.176. The number of carbonyl (C=O) groups is 1. The summed E-state index contributed by atoms with van der Waals surface area (Å²) in [4.78, 5) is 12.1. The average molecular weight is 311 g/mol. The molecule has 118 valence electrons. The van der Waals surface area contributed by atoms with Gasteiger partial charge in [0.25, 0.3) is 0 Å². The van der Waals surface area contributed by atoms with Gasteiger partial charge in [0.1, 0.15) is 11.5 Å². The summed E-state index contributed by atoms with van der Waals surface area (Å²) < 4.78 is 10.3. The summed E-state index contributed by atoms with van der Waals surface area (Å²) in [7, 11) is 3.08. The van der Waals surface area contributed by atoms with Crippen LogP contribution in [0.15, 0.2) is 42.5 Å². The van der Waals surface area contributed by atoms with Crippen LogP contribution in [-0.2, 0) is 4.79 Å². The van der Waals surface area contributed by atoms with Gasteiger partial charge in [0, 0.05) is 11.8 Å². The average Bonchev–Trinajstić information content (AvgIpc) is 2.60. The Morgan fingerprint density at radius 1 is 1.17 bits per heavy atom. The first-order chi connectivity index (χ1) is 11.2. The van der Waals surface area contributed by atoms with Crippen LogP contribution in [0.1, 0.15) is 5.56 Å². The smallest absolute Gasteiger partial charge is 0.243 e. The van der Waals surface area contributed by atoms with Crippen molar-refractivity contribution in [3.63, 3.8) is 0 Å². The van der Waals surface area contributed by atoms with Gasteiger partial charge in [-0.3, -0.25) is 4.79 Å². The number of nitrogens with one attached hydrogen (secondary N) is 2. The lowest BCUT2D eigenvalue weighted by Gasteiger charge is -2.12. The molecule has 23 heavy (non-hydrogen) atoms. The summed E-state index contributed by atoms with van der Waals surface area (Å²) in [5.41, 5.74) is 1.77. The number of nitriles is 1. The van der Waals surface area contributed by atoms with Gasteiger partial charge in [0.15, 0.2) is 0 Å². The van der Waals surface area contributed by atoms with Crippen LogP contribution in [0.4, 0.5) is 11.4 Å². The first-order valence-corrected chi connectivity index (χ1v) is 6.92. The van der Waals surface area contributed by atoms with E-state index in [1.165, 1.54) is 7.11 Å². The highest BCUT2D eigenvalue weighted by Crippen LogP contribution is 2.28. The first-order valence-electron chi connectivity index (χ1n) is 6.92. The van der Waals surface area contributed by atoms with Crippen LogP contribution in [0.5, 0.6) is 11.5 Å². The Morgan fingerprint density at radius 2 is 2.00 bits per heavy atom. The molecule has 2 aromatic carbocycles. The van der Waals surface area contributed by atoms with E-state index < -0.39 is 0 Å². The lowest BCUT2D eigenvalue weighted by Crippen LogP contribution is -2.22. The Morgan fingerprint density at radius 3 is 2.70 bits per heavy atom. The quantitative estimate of drug-likeness (QED) is 0.857. The number of ether oxygens (including phenoxy) is 2. The molecule has 2 rings (SSSR count). The predicted molar refractivity (Wildman–Crippen MR) is 87.8 cm³/mol. The third-order valence-electron chi connectivity index (χ3n) is 3.13. The second kappa shape index (κ2) is 7.71. The van der Waals surface area contributed by atoms with Crippen LogP contribution in [0.2, 0.25) is 0 Å². The maximum atomic E-state index is 12.1. The van der Waals surface area contributed by atoms with E-state index in [1.54, 1.807) is 49.6 Å². The second-order valence-electron chi connectivity index (χ2n) is 4.66. The lowest BCUT2D eigenvalue weighted by molar-refractivity contribution is -0.114. The highest BCUT2D eigenvalue weighted by Gasteiger charge is 2.09. The molecular weight excluding hydrogens is 294 g/mol. The highest BCUT2D eigenvalue weighted by atomic mass is 16.5. The Hall–Kier alpha value is -3.20. The fourth-order valence-electron chi connectivity index (χ4n) is 1.99. The molecule has 0 atom stereocenters. The minimum atomic E-state index is -0.237. The maximum Gasteiger partial charge on any atom is 0.243 e. The maximum absolute atomic E-state index is 12.1. The Kier molecular flexibility index (Phi) is 5.42. The molecule has 0 aromatic heterocycles. The van der Waals surface area contributed by atoms with Crippen LogP contribution in [-0.4, -0.2) is 26.7 Å². The van der Waals surface area contributed by atoms with Crippen molar-refractivity contribution in [3.8, 4) is 17.6 Å². The number of hydrogen-bond donors (Lipinski definition) is 2. The van der Waals surface area contributed by atoms with Crippen molar-refractivity contribution in [1.82, 2.24) is 0 Å². The zero-order valence-electron chi connectivity index (χ0n) is 12.9. The number of methoxy groups -OCH3 is 2. The molecule has 0 aliphatic heterocycles. The number of rotatable bonds is 6. The summed E-state index contributed by atoms with van der Waals surface area (Å²) in [6.07, 6.45) is 0. The van der Waals surface area contributed by atoms with Gasteiger partial charge in [-0.2, -0.15) is 5.26 Å². The molecule has 0 bridgehead atoms. The molecule has 0 unspecified atom stereocenters. The summed E-state index contributed by atoms with van der Waals surface area (Å²) in [5.74, 6) is 0.931. The van der Waals surface area contributed by atoms with Gasteiger partial charge in [-0.05, 0) is 30.3 Å². The molecule has 0 radical (unpaired) electrons. The molecule has 0 aliphatic carbocycles. The van der Waals surface area contributed by atoms with Gasteiger partial charge in [0.2, 0.25) is 5.91 Å². The standard InChI is InChI=1S/C17H17N3O3/c1-22-14-6-7-16(23-2)15(9-14)20-17(21)11-19-13-5-3-4-12(8-13)10-18/h3-9,19H,11H2,1-2H3,(H,20,21). The molecule has 0 heterocycles. The molecule has 0 saturated heterocycles. The van der Waals surface area contributed by atoms with E-state index in [-0.39, 0.29) is 12.5 Å². The van der Waals surface area contributed by atoms with Crippen molar-refractivity contribution in [3.05, 3.63) is 48.0 Å². The van der Waals surface area contributed by atoms with Crippen LogP contribution < -0.4 is 20.1 Å². The van der Waals surface area contributed by atoms with Crippen molar-refractivity contribution in [1.29, 1.82) is 5.26 Å². The molecule has 6 heteroatoms. The van der Waals surface area contributed by atoms with Crippen LogP contribution >= 0.6 is 0 Å². The summed E-state index contributed by atoms with van der Waals surface area (Å²) >= 11 is 0. The van der Waals surface area contributed by atoms with Crippen molar-refractivity contribution < 1.29 is 14.3 Å². The molecule has 0 spiro atoms. The third kappa shape index (κ3) is 4.38. The van der Waals surface area contributed by atoms with E-state index in [0.717, 1.165) is 0 Å². The van der Waals surface area contributed by atoms with Crippen molar-refractivity contribution in [2.75, 3.05) is 31.4 Å². The number of amides is 1. The van der Waals surface area contributed by atoms with Crippen molar-refractivity contribution in [2.45, 2.75) is 0 Å². The van der Waals surface area contributed by atoms with Crippen LogP contribution in [0, 0.1) is 11.3 Å². The molecule has 0 aliphatic rings. The number of hydrogen-bond acceptors (Lipinski definition) is 5. The largest absolute Gasteiger partial charge is 0.497 e. The van der Waals surface area contributed by atoms with E-state index >= 15 is 0 Å². The normalized spacial score (nSPS) is 9.61. The van der Waals surface area contributed by atoms with Gasteiger partial charge in [-0.1, -0.05) is 6.07 Å². The predicted octanol–water partition coefficient (Wildman–Crippen LogP) is 2.63. The third-order valence-corrected chi connectivity index (χ3v) is 3.13. The van der Waals surface area contributed by atoms with E-state index in [4.69, 9.17) is 14.7 Å². The second-order valence-corrected chi connectivity index (χ2v) is 4.66. The Labute approximate surface area is 134 Å². The van der Waals surface area contributed by atoms with Gasteiger partial charge in [-0.15, -0.1) is 0 Å². The molecule has 1 amide bonds. The highest BCUT2D eigenvalue weighted by molar-refractivity contribution is 5.95. The van der Waals surface area contributed by atoms with E-state index in [9.17, 15) is 4.79 Å². The topological polar surface area (TPSA) is 83.4 Å². The molecule has 0 saturated carbocycles. The van der Waals surface area contributed by atoms with Gasteiger partial charge in [0.05, 0.1) is 38.1 Å². The minimum absolute atomic E-state index is 0.0647. The lowest BCUT2D eigenvalue weighted by atomic mass is 10.2. The Bertz CT molecular complexity index is 738. The first kappa shape index (κ1) is 16.2. The fourth-order valence-corrected chi connectivity index (χ4v) is 1.99. The van der Waals surface area contributed by atoms with Gasteiger partial charge >= 0.3 is 0 Å². The molecule has 2 N–H and O–H groups in total. The van der Waals surface area contributed by atoms with Crippen LogP contribution in [0.3, 0.4) is 0 Å². The molecule has 0 fully saturated rings. The number of benzene rings is 2. The number of anilines is 2. The summed E-state index contributed by atoms with van der Waals surface area (Å²) in [6, 6.07) is 14.1. The van der Waals surface area contributed by atoms with E-state index in [2.05, 4.69) is 16.7 Å². The monoisotopic (exact) mass is 311 g/mol. The van der Waals surface area contributed by atoms with Crippen molar-refractivity contribution in [2.24, 2.45) is 0 Å². The SMILES string of the molecule is COc1ccc(OC)c(NC(=O)CNc2cccc(C#N)c2)c1. The Balaban J connectivity index is 2.00. The van der Waals surface area contributed by atoms with Gasteiger partial charge in [-0.25, -0.2) is 0 Å². The zero-order chi connectivity index (χ0) is 16.7. The summed E-state index contributed by atoms with van der Waals surface area (Å²) in [6.45, 7) is 0.0647. The van der Waals surface area contributed by atoms with E-state index in [1.807, 2.05) is 0 Å². The number of nitrogens with zero attached hydrogens (tertiary/aromatic N) is 1. The number of carbonyl (C=O) groups excluding carboxylic acids is 1. The van der Waals surface area contributed by atoms with E-state index in [0.29, 0.717) is 28.4 Å². The summed E-state index contributed by atoms with van der Waals surface area (Å²) in [5, 5.41) is 14.6. The van der Waals surface area contributed by atoms with Crippen LogP contribution in [0.25, 0.3) is 0 Å². The molecule has 6 nitrogen and oxygen atoms in total. The minimum Gasteiger partial charge on any atom is -0.497 e. The van der Waals surface area contributed by atoms with Crippen molar-refractivity contribution >= 4 is 17.3 Å². The van der Waals surface area contributed by atoms with Gasteiger partial charge < -0.3 is 20.1 Å². The zero-order valence-corrected chi connectivity index (χ0v) is 12.9. The molecular formula is C17H17N3O3. The molecule has 2 aromatic rings.